The largest absolute Gasteiger partial charge is 0.363 e. The molecule has 0 radical (unpaired) electrons. The Morgan fingerprint density at radius 1 is 1.13 bits per heavy atom. The predicted molar refractivity (Wildman–Crippen MR) is 143 cm³/mol. The van der Waals surface area contributed by atoms with Crippen LogP contribution in [0.1, 0.15) is 71.4 Å². The average Bonchev–Trinajstić information content (AvgIpc) is 3.24. The van der Waals surface area contributed by atoms with E-state index in [9.17, 15) is 24.0 Å². The normalized spacial score (nSPS) is 25.3. The fourth-order valence-electron chi connectivity index (χ4n) is 6.77. The molecule has 39 heavy (non-hydrogen) atoms. The zero-order valence-electron chi connectivity index (χ0n) is 23.4. The lowest BCUT2D eigenvalue weighted by Gasteiger charge is -2.37. The summed E-state index contributed by atoms with van der Waals surface area (Å²) in [5.41, 5.74) is 5.71. The molecule has 11 heteroatoms. The second-order valence-corrected chi connectivity index (χ2v) is 12.1. The van der Waals surface area contributed by atoms with E-state index >= 15 is 0 Å². The number of nitrogens with two attached hydrogens (primary N) is 1. The molecule has 4 rings (SSSR count). The van der Waals surface area contributed by atoms with E-state index in [1.165, 1.54) is 0 Å². The van der Waals surface area contributed by atoms with Crippen molar-refractivity contribution in [2.75, 3.05) is 6.54 Å². The van der Waals surface area contributed by atoms with Crippen LogP contribution < -0.4 is 16.4 Å². The topological polar surface area (TPSA) is 156 Å². The number of nitrogens with zero attached hydrogens (tertiary/aromatic N) is 3. The molecular weight excluding hydrogens is 500 g/mol. The van der Waals surface area contributed by atoms with Gasteiger partial charge in [0.25, 0.3) is 5.91 Å². The van der Waals surface area contributed by atoms with Crippen LogP contribution in [0.3, 0.4) is 0 Å². The van der Waals surface area contributed by atoms with Gasteiger partial charge in [-0.3, -0.25) is 24.0 Å². The highest BCUT2D eigenvalue weighted by Crippen LogP contribution is 2.65. The molecule has 3 aliphatic rings. The third-order valence-electron chi connectivity index (χ3n) is 9.02. The Morgan fingerprint density at radius 2 is 1.82 bits per heavy atom. The molecule has 1 saturated heterocycles. The van der Waals surface area contributed by atoms with Crippen molar-refractivity contribution in [2.45, 2.75) is 90.3 Å². The van der Waals surface area contributed by atoms with Gasteiger partial charge in [-0.1, -0.05) is 46.5 Å². The van der Waals surface area contributed by atoms with Crippen LogP contribution >= 0.6 is 0 Å². The molecule has 1 aromatic rings. The number of hydrogen-bond acceptors (Lipinski definition) is 6. The first-order chi connectivity index (χ1) is 18.4. The number of aromatic nitrogens is 2. The summed E-state index contributed by atoms with van der Waals surface area (Å²) in [6.45, 7) is 6.42. The Labute approximate surface area is 229 Å². The summed E-state index contributed by atoms with van der Waals surface area (Å²) in [5, 5.41) is 5.73. The Balaban J connectivity index is 1.55. The molecule has 2 heterocycles. The molecule has 3 fully saturated rings. The van der Waals surface area contributed by atoms with Gasteiger partial charge in [-0.25, -0.2) is 4.98 Å². The van der Waals surface area contributed by atoms with Crippen LogP contribution in [0.2, 0.25) is 0 Å². The first-order valence-corrected chi connectivity index (χ1v) is 14.2. The summed E-state index contributed by atoms with van der Waals surface area (Å²) in [6.07, 6.45) is 9.04. The van der Waals surface area contributed by atoms with Crippen molar-refractivity contribution >= 4 is 29.4 Å². The van der Waals surface area contributed by atoms with E-state index in [1.807, 2.05) is 14.0 Å². The quantitative estimate of drug-likeness (QED) is 0.352. The number of rotatable bonds is 11. The van der Waals surface area contributed by atoms with Gasteiger partial charge >= 0.3 is 0 Å². The number of piperidine rings is 1. The number of likely N-dealkylation sites (tertiary alicyclic amines) is 1. The van der Waals surface area contributed by atoms with Crippen LogP contribution in [0, 0.1) is 23.2 Å². The molecule has 0 aromatic carbocycles. The van der Waals surface area contributed by atoms with E-state index in [1.54, 1.807) is 22.0 Å². The Kier molecular flexibility index (Phi) is 8.46. The number of aryl methyl sites for hydroxylation is 1. The van der Waals surface area contributed by atoms with Gasteiger partial charge in [-0.05, 0) is 42.4 Å². The fraction of sp³-hybridized carbons (Fsp3) is 0.714. The number of carbonyl (C=O) groups excluding carboxylic acids is 5. The van der Waals surface area contributed by atoms with E-state index in [2.05, 4.69) is 29.5 Å². The first kappa shape index (κ1) is 28.8. The van der Waals surface area contributed by atoms with Crippen LogP contribution in [0.5, 0.6) is 0 Å². The maximum absolute atomic E-state index is 14.2. The summed E-state index contributed by atoms with van der Waals surface area (Å²) < 4.78 is 1.77. The molecule has 4 amide bonds. The van der Waals surface area contributed by atoms with E-state index in [0.717, 1.165) is 32.1 Å². The van der Waals surface area contributed by atoms with Crippen molar-refractivity contribution in [1.82, 2.24) is 25.1 Å². The van der Waals surface area contributed by atoms with Gasteiger partial charge in [-0.15, -0.1) is 0 Å². The zero-order valence-corrected chi connectivity index (χ0v) is 23.4. The molecule has 11 nitrogen and oxygen atoms in total. The first-order valence-electron chi connectivity index (χ1n) is 14.2. The minimum atomic E-state index is -1.09. The molecule has 1 aliphatic heterocycles. The standard InChI is InChI=1S/C28H42N6O5/c1-5-9-19(24(36)25(29)37)31-26(38)23-21-18(28(21,2)3)14-34(23)27(39)22(16-10-7-6-8-11-16)32-20(35)12-17-13-33(4)15-30-17/h13,15-16,18-19,21-23H,5-12,14H2,1-4H3,(H2,29,37)(H,31,38)(H,32,35)/t18?,19?,21?,22?,23-/m0/s1. The van der Waals surface area contributed by atoms with Crippen LogP contribution in [0.25, 0.3) is 0 Å². The third-order valence-corrected chi connectivity index (χ3v) is 9.02. The van der Waals surface area contributed by atoms with Gasteiger partial charge in [0.2, 0.25) is 23.5 Å². The number of Topliss-reactive ketones (excluding diaryl/α,β-unsaturated/α-hetero) is 1. The van der Waals surface area contributed by atoms with E-state index in [-0.39, 0.29) is 47.8 Å². The average molecular weight is 543 g/mol. The zero-order chi connectivity index (χ0) is 28.5. The van der Waals surface area contributed by atoms with Gasteiger partial charge in [0.05, 0.1) is 24.5 Å². The molecule has 4 unspecified atom stereocenters. The van der Waals surface area contributed by atoms with Gasteiger partial charge in [0.1, 0.15) is 12.1 Å². The lowest BCUT2D eigenvalue weighted by Crippen LogP contribution is -2.59. The summed E-state index contributed by atoms with van der Waals surface area (Å²) in [5.74, 6) is -2.85. The fourth-order valence-corrected chi connectivity index (χ4v) is 6.77. The van der Waals surface area contributed by atoms with Crippen LogP contribution in [0.15, 0.2) is 12.5 Å². The summed E-state index contributed by atoms with van der Waals surface area (Å²) in [4.78, 5) is 70.6. The number of fused-ring (bicyclic) bond motifs is 1. The lowest BCUT2D eigenvalue weighted by molar-refractivity contribution is -0.145. The van der Waals surface area contributed by atoms with Crippen molar-refractivity contribution in [3.05, 3.63) is 18.2 Å². The number of amides is 4. The van der Waals surface area contributed by atoms with Crippen LogP contribution in [-0.4, -0.2) is 68.5 Å². The van der Waals surface area contributed by atoms with Crippen molar-refractivity contribution in [1.29, 1.82) is 0 Å². The summed E-state index contributed by atoms with van der Waals surface area (Å²) in [7, 11) is 1.83. The van der Waals surface area contributed by atoms with Crippen molar-refractivity contribution in [3.63, 3.8) is 0 Å². The number of imidazole rings is 1. The SMILES string of the molecule is CCCC(NC(=O)[C@@H]1C2C(CN1C(=O)C(NC(=O)Cc1cn(C)cn1)C1CCCCC1)C2(C)C)C(=O)C(N)=O. The van der Waals surface area contributed by atoms with Gasteiger partial charge in [-0.2, -0.15) is 0 Å². The van der Waals surface area contributed by atoms with Crippen molar-refractivity contribution < 1.29 is 24.0 Å². The molecule has 0 spiro atoms. The summed E-state index contributed by atoms with van der Waals surface area (Å²) in [6, 6.07) is -2.54. The Bertz CT molecular complexity index is 1120. The number of primary amides is 1. The molecule has 2 saturated carbocycles. The highest BCUT2D eigenvalue weighted by molar-refractivity contribution is 6.37. The van der Waals surface area contributed by atoms with E-state index in [0.29, 0.717) is 18.7 Å². The molecular formula is C28H42N6O5. The number of carbonyl (C=O) groups is 5. The number of hydrogen-bond donors (Lipinski definition) is 3. The number of ketones is 1. The number of nitrogens with one attached hydrogen (secondary N) is 2. The molecule has 4 N–H and O–H groups in total. The molecule has 214 valence electrons. The molecule has 5 atom stereocenters. The highest BCUT2D eigenvalue weighted by atomic mass is 16.2. The predicted octanol–water partition coefficient (Wildman–Crippen LogP) is 0.850. The Hall–Kier alpha value is -3.24. The molecule has 1 aromatic heterocycles. The smallest absolute Gasteiger partial charge is 0.287 e. The minimum absolute atomic E-state index is 0.0168. The van der Waals surface area contributed by atoms with Gasteiger partial charge < -0.3 is 25.8 Å². The molecule has 2 aliphatic carbocycles. The van der Waals surface area contributed by atoms with Crippen LogP contribution in [0.4, 0.5) is 0 Å². The van der Waals surface area contributed by atoms with E-state index in [4.69, 9.17) is 5.73 Å². The van der Waals surface area contributed by atoms with Crippen molar-refractivity contribution in [3.8, 4) is 0 Å². The second kappa shape index (κ2) is 11.5. The van der Waals surface area contributed by atoms with E-state index < -0.39 is 35.7 Å². The molecule has 0 bridgehead atoms. The minimum Gasteiger partial charge on any atom is -0.363 e. The summed E-state index contributed by atoms with van der Waals surface area (Å²) >= 11 is 0. The second-order valence-electron chi connectivity index (χ2n) is 12.1. The van der Waals surface area contributed by atoms with Crippen LogP contribution in [-0.2, 0) is 37.4 Å². The Morgan fingerprint density at radius 3 is 2.41 bits per heavy atom. The highest BCUT2D eigenvalue weighted by Gasteiger charge is 2.69. The van der Waals surface area contributed by atoms with Gasteiger partial charge in [0.15, 0.2) is 0 Å². The lowest BCUT2D eigenvalue weighted by atomic mass is 9.83. The maximum atomic E-state index is 14.2. The van der Waals surface area contributed by atoms with Crippen molar-refractivity contribution in [2.24, 2.45) is 36.0 Å². The monoisotopic (exact) mass is 542 g/mol. The third kappa shape index (κ3) is 6.01. The van der Waals surface area contributed by atoms with Gasteiger partial charge in [0, 0.05) is 19.8 Å². The maximum Gasteiger partial charge on any atom is 0.287 e.